The van der Waals surface area contributed by atoms with Crippen LogP contribution in [0.2, 0.25) is 0 Å². The van der Waals surface area contributed by atoms with Crippen LogP contribution in [0.1, 0.15) is 18.3 Å². The van der Waals surface area contributed by atoms with Gasteiger partial charge < -0.3 is 10.1 Å². The number of rotatable bonds is 8. The summed E-state index contributed by atoms with van der Waals surface area (Å²) in [5.74, 6) is -0.636. The van der Waals surface area contributed by atoms with E-state index in [0.29, 0.717) is 17.1 Å². The van der Waals surface area contributed by atoms with Gasteiger partial charge in [-0.05, 0) is 57.2 Å². The minimum Gasteiger partial charge on any atom is -0.474 e. The highest BCUT2D eigenvalue weighted by atomic mass is 32.2. The normalized spacial score (nSPS) is 12.0. The number of hydrogen-bond donors (Lipinski definition) is 2. The number of amides is 1. The number of nitrogens with one attached hydrogen (secondary N) is 2. The van der Waals surface area contributed by atoms with Crippen molar-refractivity contribution in [3.05, 3.63) is 76.1 Å². The zero-order chi connectivity index (χ0) is 24.2. The molecule has 1 heterocycles. The maximum absolute atomic E-state index is 12.6. The van der Waals surface area contributed by atoms with Gasteiger partial charge in [0, 0.05) is 23.1 Å². The molecule has 0 spiro atoms. The maximum Gasteiger partial charge on any atom is 0.310 e. The number of anilines is 2. The van der Waals surface area contributed by atoms with E-state index in [1.807, 2.05) is 0 Å². The largest absolute Gasteiger partial charge is 0.474 e. The molecule has 2 N–H and O–H groups in total. The Kier molecular flexibility index (Phi) is 6.87. The average Bonchev–Trinajstić information content (AvgIpc) is 2.73. The topological polar surface area (TPSA) is 153 Å². The van der Waals surface area contributed by atoms with E-state index < -0.39 is 27.0 Å². The van der Waals surface area contributed by atoms with Gasteiger partial charge in [-0.15, -0.1) is 0 Å². The smallest absolute Gasteiger partial charge is 0.310 e. The second kappa shape index (κ2) is 9.61. The first-order chi connectivity index (χ1) is 15.5. The highest BCUT2D eigenvalue weighted by molar-refractivity contribution is 7.92. The lowest BCUT2D eigenvalue weighted by molar-refractivity contribution is -0.386. The third-order valence-electron chi connectivity index (χ3n) is 4.38. The molecule has 0 radical (unpaired) electrons. The van der Waals surface area contributed by atoms with Crippen molar-refractivity contribution in [3.8, 4) is 5.75 Å². The van der Waals surface area contributed by atoms with Crippen LogP contribution in [0.3, 0.4) is 0 Å². The van der Waals surface area contributed by atoms with E-state index in [4.69, 9.17) is 4.74 Å². The highest BCUT2D eigenvalue weighted by Crippen LogP contribution is 2.27. The first kappa shape index (κ1) is 23.6. The fourth-order valence-electron chi connectivity index (χ4n) is 2.86. The van der Waals surface area contributed by atoms with Crippen LogP contribution >= 0.6 is 0 Å². The van der Waals surface area contributed by atoms with Crippen molar-refractivity contribution in [2.24, 2.45) is 0 Å². The second-order valence-electron chi connectivity index (χ2n) is 7.08. The van der Waals surface area contributed by atoms with Crippen LogP contribution in [0.25, 0.3) is 0 Å². The zero-order valence-electron chi connectivity index (χ0n) is 18.0. The number of ether oxygens (including phenoxy) is 1. The number of nitro benzene ring substituents is 1. The van der Waals surface area contributed by atoms with Crippen LogP contribution < -0.4 is 14.8 Å². The number of carbonyl (C=O) groups is 1. The van der Waals surface area contributed by atoms with Crippen molar-refractivity contribution in [2.75, 3.05) is 10.0 Å². The molecule has 2 aromatic carbocycles. The first-order valence-electron chi connectivity index (χ1n) is 9.71. The third kappa shape index (κ3) is 6.01. The summed E-state index contributed by atoms with van der Waals surface area (Å²) < 4.78 is 33.0. The van der Waals surface area contributed by atoms with E-state index in [-0.39, 0.29) is 22.3 Å². The van der Waals surface area contributed by atoms with E-state index in [9.17, 15) is 23.3 Å². The molecule has 3 rings (SSSR count). The second-order valence-corrected chi connectivity index (χ2v) is 8.76. The molecule has 1 amide bonds. The van der Waals surface area contributed by atoms with E-state index in [1.54, 1.807) is 26.0 Å². The molecule has 0 aliphatic carbocycles. The molecular weight excluding hydrogens is 450 g/mol. The molecule has 12 heteroatoms. The molecule has 0 saturated carbocycles. The van der Waals surface area contributed by atoms with Gasteiger partial charge in [0.05, 0.1) is 9.82 Å². The van der Waals surface area contributed by atoms with Crippen LogP contribution in [0.4, 0.5) is 17.3 Å². The first-order valence-corrected chi connectivity index (χ1v) is 11.2. The van der Waals surface area contributed by atoms with Crippen molar-refractivity contribution >= 4 is 33.3 Å². The van der Waals surface area contributed by atoms with E-state index in [2.05, 4.69) is 20.0 Å². The standard InChI is InChI=1S/C21H21N5O6S/c1-13-12-14(2)23-21(22-13)25-33(30,31)17-10-8-16(9-11-17)24-20(27)15(3)32-19-7-5-4-6-18(19)26(28)29/h4-12,15H,1-3H3,(H,24,27)(H,22,23,25)/t15-/m0/s1. The number of para-hydroxylation sites is 2. The molecule has 0 saturated heterocycles. The number of aryl methyl sites for hydroxylation is 2. The number of hydrogen-bond acceptors (Lipinski definition) is 8. The Balaban J connectivity index is 1.67. The van der Waals surface area contributed by atoms with Crippen molar-refractivity contribution in [3.63, 3.8) is 0 Å². The lowest BCUT2D eigenvalue weighted by Crippen LogP contribution is -2.30. The van der Waals surface area contributed by atoms with E-state index >= 15 is 0 Å². The quantitative estimate of drug-likeness (QED) is 0.375. The van der Waals surface area contributed by atoms with Crippen molar-refractivity contribution < 1.29 is 22.9 Å². The van der Waals surface area contributed by atoms with Gasteiger partial charge in [0.15, 0.2) is 11.9 Å². The third-order valence-corrected chi connectivity index (χ3v) is 5.72. The Morgan fingerprint density at radius 1 is 1.06 bits per heavy atom. The van der Waals surface area contributed by atoms with Crippen molar-refractivity contribution in [1.82, 2.24) is 9.97 Å². The fraction of sp³-hybridized carbons (Fsp3) is 0.190. The minimum atomic E-state index is -3.94. The molecule has 0 aliphatic rings. The number of benzene rings is 2. The summed E-state index contributed by atoms with van der Waals surface area (Å²) >= 11 is 0. The minimum absolute atomic E-state index is 0.0359. The monoisotopic (exact) mass is 471 g/mol. The van der Waals surface area contributed by atoms with Gasteiger partial charge in [-0.1, -0.05) is 12.1 Å². The predicted octanol–water partition coefficient (Wildman–Crippen LogP) is 3.21. The number of carbonyl (C=O) groups excluding carboxylic acids is 1. The summed E-state index contributed by atoms with van der Waals surface area (Å²) in [6, 6.07) is 12.9. The van der Waals surface area contributed by atoms with Gasteiger partial charge in [-0.25, -0.2) is 23.1 Å². The number of nitro groups is 1. The van der Waals surface area contributed by atoms with Gasteiger partial charge in [0.2, 0.25) is 5.95 Å². The van der Waals surface area contributed by atoms with Crippen molar-refractivity contribution in [2.45, 2.75) is 31.8 Å². The van der Waals surface area contributed by atoms with Gasteiger partial charge in [-0.2, -0.15) is 0 Å². The summed E-state index contributed by atoms with van der Waals surface area (Å²) in [5.41, 5.74) is 1.30. The number of aromatic nitrogens is 2. The Hall–Kier alpha value is -4.06. The molecule has 3 aromatic rings. The van der Waals surface area contributed by atoms with Gasteiger partial charge in [-0.3, -0.25) is 14.9 Å². The maximum atomic E-state index is 12.6. The van der Waals surface area contributed by atoms with E-state index in [0.717, 1.165) is 0 Å². The zero-order valence-corrected chi connectivity index (χ0v) is 18.8. The van der Waals surface area contributed by atoms with Gasteiger partial charge >= 0.3 is 5.69 Å². The summed E-state index contributed by atoms with van der Waals surface area (Å²) in [6.45, 7) is 4.90. The molecule has 0 unspecified atom stereocenters. The molecule has 172 valence electrons. The molecular formula is C21H21N5O6S. The molecule has 1 aromatic heterocycles. The van der Waals surface area contributed by atoms with Crippen LogP contribution in [-0.2, 0) is 14.8 Å². The Labute approximate surface area is 190 Å². The van der Waals surface area contributed by atoms with Gasteiger partial charge in [0.1, 0.15) is 0 Å². The van der Waals surface area contributed by atoms with Crippen LogP contribution in [0.15, 0.2) is 59.5 Å². The molecule has 0 fully saturated rings. The molecule has 0 bridgehead atoms. The molecule has 11 nitrogen and oxygen atoms in total. The van der Waals surface area contributed by atoms with Gasteiger partial charge in [0.25, 0.3) is 15.9 Å². The molecule has 0 aliphatic heterocycles. The van der Waals surface area contributed by atoms with Crippen molar-refractivity contribution in [1.29, 1.82) is 0 Å². The van der Waals surface area contributed by atoms with E-state index in [1.165, 1.54) is 49.4 Å². The summed E-state index contributed by atoms with van der Waals surface area (Å²) in [7, 11) is -3.94. The Morgan fingerprint density at radius 3 is 2.27 bits per heavy atom. The lowest BCUT2D eigenvalue weighted by Gasteiger charge is -2.15. The predicted molar refractivity (Wildman–Crippen MR) is 121 cm³/mol. The van der Waals surface area contributed by atoms with Crippen LogP contribution in [0.5, 0.6) is 5.75 Å². The summed E-state index contributed by atoms with van der Waals surface area (Å²) in [5, 5.41) is 13.7. The summed E-state index contributed by atoms with van der Waals surface area (Å²) in [4.78, 5) is 31.0. The number of sulfonamides is 1. The molecule has 33 heavy (non-hydrogen) atoms. The van der Waals surface area contributed by atoms with Crippen LogP contribution in [-0.4, -0.2) is 35.3 Å². The average molecular weight is 471 g/mol. The van der Waals surface area contributed by atoms with Crippen LogP contribution in [0, 0.1) is 24.0 Å². The Bertz CT molecular complexity index is 1270. The Morgan fingerprint density at radius 2 is 1.67 bits per heavy atom. The number of nitrogens with zero attached hydrogens (tertiary/aromatic N) is 3. The fourth-order valence-corrected chi connectivity index (χ4v) is 3.81. The highest BCUT2D eigenvalue weighted by Gasteiger charge is 2.21. The lowest BCUT2D eigenvalue weighted by atomic mass is 10.2. The SMILES string of the molecule is Cc1cc(C)nc(NS(=O)(=O)c2ccc(NC(=O)[C@H](C)Oc3ccccc3[N+](=O)[O-])cc2)n1. The molecule has 1 atom stereocenters. The summed E-state index contributed by atoms with van der Waals surface area (Å²) in [6.07, 6.45) is -1.04.